The highest BCUT2D eigenvalue weighted by Gasteiger charge is 2.43. The zero-order chi connectivity index (χ0) is 21.8. The number of sulfonamides is 1. The number of nitrogens with zero attached hydrogens (tertiary/aromatic N) is 2. The van der Waals surface area contributed by atoms with Gasteiger partial charge in [0.25, 0.3) is 0 Å². The monoisotopic (exact) mass is 454 g/mol. The molecule has 3 N–H and O–H groups in total. The van der Waals surface area contributed by atoms with Crippen LogP contribution in [0.25, 0.3) is 0 Å². The molecule has 0 spiro atoms. The first-order valence-electron chi connectivity index (χ1n) is 10.8. The summed E-state index contributed by atoms with van der Waals surface area (Å²) in [5, 5.41) is -0.185. The summed E-state index contributed by atoms with van der Waals surface area (Å²) in [5.74, 6) is 4.72. The molecule has 1 aromatic rings. The Bertz CT molecular complexity index is 998. The molecule has 2 fully saturated rings. The zero-order valence-corrected chi connectivity index (χ0v) is 18.1. The third kappa shape index (κ3) is 4.05. The smallest absolute Gasteiger partial charge is 0.217 e. The van der Waals surface area contributed by atoms with Gasteiger partial charge in [-0.05, 0) is 49.5 Å². The summed E-state index contributed by atoms with van der Waals surface area (Å²) in [6, 6.07) is 3.05. The van der Waals surface area contributed by atoms with Gasteiger partial charge < -0.3 is 4.74 Å². The van der Waals surface area contributed by atoms with E-state index in [1.54, 1.807) is 4.31 Å². The molecule has 31 heavy (non-hydrogen) atoms. The third-order valence-electron chi connectivity index (χ3n) is 6.98. The molecule has 0 amide bonds. The fourth-order valence-electron chi connectivity index (χ4n) is 5.06. The van der Waals surface area contributed by atoms with E-state index in [1.165, 1.54) is 11.1 Å². The molecule has 1 saturated carbocycles. The predicted octanol–water partition coefficient (Wildman–Crippen LogP) is 1.44. The van der Waals surface area contributed by atoms with Crippen molar-refractivity contribution in [1.29, 1.82) is 0 Å². The Labute approximate surface area is 181 Å². The lowest BCUT2D eigenvalue weighted by Crippen LogP contribution is -2.52. The standard InChI is InChI=1S/C21H28F2N4O3S/c22-15-1-4-19(23)18(7-15)21-20(25-24)8-16(12-30-21)26-9-13-5-6-27(11-14(13)10-26)31(28,29)17-2-3-17/h1,4,7,16-17,20-21,25H,2-3,5-6,8-12,24H2/t16-,20+,21-/m1/s1. The minimum absolute atomic E-state index is 0.0630. The van der Waals surface area contributed by atoms with Gasteiger partial charge in [-0.15, -0.1) is 0 Å². The Morgan fingerprint density at radius 1 is 1.13 bits per heavy atom. The molecule has 0 radical (unpaired) electrons. The summed E-state index contributed by atoms with van der Waals surface area (Å²) in [6.07, 6.45) is 2.28. The Morgan fingerprint density at radius 3 is 2.65 bits per heavy atom. The summed E-state index contributed by atoms with van der Waals surface area (Å²) >= 11 is 0. The molecule has 3 heterocycles. The number of halogens is 2. The maximum absolute atomic E-state index is 14.3. The molecule has 0 unspecified atom stereocenters. The predicted molar refractivity (Wildman–Crippen MR) is 111 cm³/mol. The average Bonchev–Trinajstić information content (AvgIpc) is 3.54. The molecule has 0 aromatic heterocycles. The topological polar surface area (TPSA) is 87.9 Å². The third-order valence-corrected chi connectivity index (χ3v) is 9.32. The van der Waals surface area contributed by atoms with Crippen LogP contribution >= 0.6 is 0 Å². The van der Waals surface area contributed by atoms with Gasteiger partial charge in [-0.25, -0.2) is 17.2 Å². The first-order valence-corrected chi connectivity index (χ1v) is 12.3. The molecule has 10 heteroatoms. The summed E-state index contributed by atoms with van der Waals surface area (Å²) < 4.78 is 60.8. The molecule has 3 aliphatic heterocycles. The van der Waals surface area contributed by atoms with E-state index >= 15 is 0 Å². The Kier molecular flexibility index (Phi) is 5.64. The largest absolute Gasteiger partial charge is 0.370 e. The highest BCUT2D eigenvalue weighted by Crippen LogP contribution is 2.37. The molecule has 3 atom stereocenters. The van der Waals surface area contributed by atoms with Gasteiger partial charge in [0.2, 0.25) is 10.0 Å². The summed E-state index contributed by atoms with van der Waals surface area (Å²) in [5.41, 5.74) is 5.39. The van der Waals surface area contributed by atoms with Crippen LogP contribution in [0.5, 0.6) is 0 Å². The van der Waals surface area contributed by atoms with Crippen molar-refractivity contribution in [2.45, 2.75) is 49.1 Å². The van der Waals surface area contributed by atoms with E-state index in [0.717, 1.165) is 44.0 Å². The first-order chi connectivity index (χ1) is 14.9. The van der Waals surface area contributed by atoms with Gasteiger partial charge >= 0.3 is 0 Å². The normalized spacial score (nSPS) is 30.6. The van der Waals surface area contributed by atoms with Crippen LogP contribution in [0.1, 0.15) is 37.4 Å². The van der Waals surface area contributed by atoms with Crippen molar-refractivity contribution in [2.24, 2.45) is 5.84 Å². The van der Waals surface area contributed by atoms with Crippen LogP contribution in [0.15, 0.2) is 29.3 Å². The molecule has 1 aliphatic carbocycles. The lowest BCUT2D eigenvalue weighted by atomic mass is 9.93. The number of hydrogen-bond acceptors (Lipinski definition) is 6. The van der Waals surface area contributed by atoms with E-state index in [2.05, 4.69) is 10.3 Å². The highest BCUT2D eigenvalue weighted by atomic mass is 32.2. The van der Waals surface area contributed by atoms with Crippen LogP contribution in [-0.2, 0) is 14.8 Å². The Hall–Kier alpha value is -1.43. The molecule has 1 saturated heterocycles. The maximum atomic E-state index is 14.3. The highest BCUT2D eigenvalue weighted by molar-refractivity contribution is 7.90. The van der Waals surface area contributed by atoms with Crippen LogP contribution < -0.4 is 11.3 Å². The van der Waals surface area contributed by atoms with Crippen molar-refractivity contribution in [2.75, 3.05) is 32.8 Å². The number of rotatable bonds is 5. The number of nitrogens with two attached hydrogens (primary N) is 1. The van der Waals surface area contributed by atoms with E-state index in [4.69, 9.17) is 10.6 Å². The van der Waals surface area contributed by atoms with Gasteiger partial charge in [0.05, 0.1) is 17.9 Å². The van der Waals surface area contributed by atoms with Gasteiger partial charge in [-0.3, -0.25) is 16.2 Å². The number of ether oxygens (including phenoxy) is 1. The van der Waals surface area contributed by atoms with Crippen molar-refractivity contribution in [3.05, 3.63) is 46.5 Å². The average molecular weight is 455 g/mol. The van der Waals surface area contributed by atoms with Crippen LogP contribution in [0, 0.1) is 11.6 Å². The molecule has 0 bridgehead atoms. The zero-order valence-electron chi connectivity index (χ0n) is 17.3. The molecule has 5 rings (SSSR count). The van der Waals surface area contributed by atoms with Crippen LogP contribution in [-0.4, -0.2) is 67.7 Å². The van der Waals surface area contributed by atoms with Crippen molar-refractivity contribution in [3.63, 3.8) is 0 Å². The molecular weight excluding hydrogens is 426 g/mol. The van der Waals surface area contributed by atoms with E-state index in [0.29, 0.717) is 32.7 Å². The number of nitrogens with one attached hydrogen (secondary N) is 1. The summed E-state index contributed by atoms with van der Waals surface area (Å²) in [7, 11) is -3.16. The van der Waals surface area contributed by atoms with E-state index < -0.39 is 27.8 Å². The number of hydrazine groups is 1. The lowest BCUT2D eigenvalue weighted by Gasteiger charge is -2.40. The van der Waals surface area contributed by atoms with Gasteiger partial charge in [0, 0.05) is 37.8 Å². The molecule has 1 aromatic carbocycles. The minimum Gasteiger partial charge on any atom is -0.370 e. The second-order valence-corrected chi connectivity index (χ2v) is 11.2. The van der Waals surface area contributed by atoms with Crippen LogP contribution in [0.4, 0.5) is 8.78 Å². The van der Waals surface area contributed by atoms with Crippen molar-refractivity contribution in [3.8, 4) is 0 Å². The fourth-order valence-corrected chi connectivity index (χ4v) is 6.89. The number of hydrogen-bond donors (Lipinski definition) is 2. The maximum Gasteiger partial charge on any atom is 0.217 e. The van der Waals surface area contributed by atoms with Crippen molar-refractivity contribution in [1.82, 2.24) is 14.6 Å². The lowest BCUT2D eigenvalue weighted by molar-refractivity contribution is -0.0553. The SMILES string of the molecule is NN[C@H]1C[C@@H](N2CC3=C(C2)CN(S(=O)(=O)C2CC2)CC3)CO[C@@H]1c1cc(F)ccc1F. The van der Waals surface area contributed by atoms with Gasteiger partial charge in [-0.1, -0.05) is 5.57 Å². The minimum atomic E-state index is -3.16. The second kappa shape index (κ2) is 8.17. The van der Waals surface area contributed by atoms with Gasteiger partial charge in [-0.2, -0.15) is 4.31 Å². The molecule has 7 nitrogen and oxygen atoms in total. The van der Waals surface area contributed by atoms with Crippen molar-refractivity contribution < 1.29 is 21.9 Å². The van der Waals surface area contributed by atoms with E-state index in [1.807, 2.05) is 0 Å². The van der Waals surface area contributed by atoms with Crippen LogP contribution in [0.2, 0.25) is 0 Å². The van der Waals surface area contributed by atoms with Gasteiger partial charge in [0.1, 0.15) is 17.7 Å². The Balaban J connectivity index is 1.24. The van der Waals surface area contributed by atoms with Crippen molar-refractivity contribution >= 4 is 10.0 Å². The van der Waals surface area contributed by atoms with Crippen LogP contribution in [0.3, 0.4) is 0 Å². The van der Waals surface area contributed by atoms with E-state index in [9.17, 15) is 17.2 Å². The summed E-state index contributed by atoms with van der Waals surface area (Å²) in [4.78, 5) is 2.29. The number of benzene rings is 1. The quantitative estimate of drug-likeness (QED) is 0.398. The fraction of sp³-hybridized carbons (Fsp3) is 0.619. The second-order valence-electron chi connectivity index (χ2n) is 9.02. The van der Waals surface area contributed by atoms with E-state index in [-0.39, 0.29) is 22.9 Å². The molecular formula is C21H28F2N4O3S. The Morgan fingerprint density at radius 2 is 1.90 bits per heavy atom. The molecule has 4 aliphatic rings. The molecule has 170 valence electrons. The summed E-state index contributed by atoms with van der Waals surface area (Å²) in [6.45, 7) is 2.91. The van der Waals surface area contributed by atoms with Gasteiger partial charge in [0.15, 0.2) is 0 Å². The first kappa shape index (κ1) is 21.4.